The predicted octanol–water partition coefficient (Wildman–Crippen LogP) is 4.56. The Morgan fingerprint density at radius 1 is 1.18 bits per heavy atom. The number of benzene rings is 2. The molecule has 1 atom stereocenters. The van der Waals surface area contributed by atoms with E-state index in [1.807, 2.05) is 37.3 Å². The van der Waals surface area contributed by atoms with Gasteiger partial charge in [0, 0.05) is 0 Å². The van der Waals surface area contributed by atoms with E-state index in [4.69, 9.17) is 4.74 Å². The van der Waals surface area contributed by atoms with Crippen molar-refractivity contribution in [1.82, 2.24) is 4.90 Å². The van der Waals surface area contributed by atoms with E-state index in [1.165, 1.54) is 17.3 Å². The first-order valence-electron chi connectivity index (χ1n) is 9.31. The van der Waals surface area contributed by atoms with Crippen molar-refractivity contribution in [1.29, 1.82) is 0 Å². The molecule has 3 rings (SSSR count). The minimum Gasteiger partial charge on any atom is -0.497 e. The van der Waals surface area contributed by atoms with Gasteiger partial charge in [-0.3, -0.25) is 9.69 Å². The quantitative estimate of drug-likeness (QED) is 0.532. The molecule has 0 N–H and O–H groups in total. The number of thioether (sulfide) groups is 1. The zero-order valence-electron chi connectivity index (χ0n) is 16.7. The van der Waals surface area contributed by atoms with Crippen LogP contribution in [0.1, 0.15) is 35.6 Å². The molecule has 146 valence electrons. The molecule has 1 aliphatic rings. The number of carbonyl (C=O) groups excluding carboxylic acids is 1. The van der Waals surface area contributed by atoms with Crippen LogP contribution in [0.3, 0.4) is 0 Å². The number of carbonyl (C=O) groups is 1. The summed E-state index contributed by atoms with van der Waals surface area (Å²) in [6.45, 7) is 6.61. The Hall–Kier alpha value is -2.60. The molecule has 2 aromatic rings. The summed E-state index contributed by atoms with van der Waals surface area (Å²) >= 11 is 1.48. The molecule has 1 fully saturated rings. The third kappa shape index (κ3) is 4.62. The average molecular weight is 396 g/mol. The molecular weight excluding hydrogens is 370 g/mol. The van der Waals surface area contributed by atoms with Crippen molar-refractivity contribution < 1.29 is 9.53 Å². The first-order chi connectivity index (χ1) is 13.5. The lowest BCUT2D eigenvalue weighted by Gasteiger charge is -2.16. The predicted molar refractivity (Wildman–Crippen MR) is 116 cm³/mol. The van der Waals surface area contributed by atoms with Gasteiger partial charge in [0.05, 0.1) is 25.1 Å². The topological polar surface area (TPSA) is 54.3 Å². The van der Waals surface area contributed by atoms with E-state index >= 15 is 0 Å². The van der Waals surface area contributed by atoms with Gasteiger partial charge in [0.2, 0.25) is 5.91 Å². The van der Waals surface area contributed by atoms with Crippen LogP contribution in [0.4, 0.5) is 0 Å². The second kappa shape index (κ2) is 9.06. The zero-order chi connectivity index (χ0) is 20.1. The Labute approximate surface area is 170 Å². The molecule has 0 bridgehead atoms. The third-order valence-corrected chi connectivity index (χ3v) is 5.99. The summed E-state index contributed by atoms with van der Waals surface area (Å²) in [4.78, 5) is 14.5. The monoisotopic (exact) mass is 395 g/mol. The molecular formula is C22H25N3O2S. The fourth-order valence-electron chi connectivity index (χ4n) is 3.01. The number of aryl methyl sites for hydroxylation is 2. The minimum absolute atomic E-state index is 0.0868. The van der Waals surface area contributed by atoms with Gasteiger partial charge in [0.15, 0.2) is 5.17 Å². The van der Waals surface area contributed by atoms with Gasteiger partial charge >= 0.3 is 0 Å². The van der Waals surface area contributed by atoms with E-state index in [9.17, 15) is 4.79 Å². The number of nitrogens with zero attached hydrogens (tertiary/aromatic N) is 3. The molecule has 0 aliphatic carbocycles. The first-order valence-corrected chi connectivity index (χ1v) is 10.2. The number of amidine groups is 1. The Morgan fingerprint density at radius 2 is 1.93 bits per heavy atom. The highest BCUT2D eigenvalue weighted by Gasteiger charge is 2.36. The Kier molecular flexibility index (Phi) is 6.52. The molecule has 6 heteroatoms. The SMILES string of the molecule is CCC1S/C(=N\N=C\c2ccc(C)cc2C)N(Cc2ccc(OC)cc2)C1=O. The lowest BCUT2D eigenvalue weighted by Crippen LogP contribution is -2.31. The normalized spacial score (nSPS) is 18.4. The number of amides is 1. The molecule has 28 heavy (non-hydrogen) atoms. The van der Waals surface area contributed by atoms with Crippen LogP contribution in [-0.4, -0.2) is 34.5 Å². The molecule has 1 amide bonds. The van der Waals surface area contributed by atoms with Gasteiger partial charge in [0.25, 0.3) is 0 Å². The Bertz CT molecular complexity index is 906. The number of ether oxygens (including phenoxy) is 1. The summed E-state index contributed by atoms with van der Waals surface area (Å²) in [5.41, 5.74) is 4.42. The Morgan fingerprint density at radius 3 is 2.57 bits per heavy atom. The van der Waals surface area contributed by atoms with Crippen molar-refractivity contribution in [2.24, 2.45) is 10.2 Å². The van der Waals surface area contributed by atoms with Crippen LogP contribution in [0.5, 0.6) is 5.75 Å². The van der Waals surface area contributed by atoms with Crippen LogP contribution in [-0.2, 0) is 11.3 Å². The smallest absolute Gasteiger partial charge is 0.242 e. The largest absolute Gasteiger partial charge is 0.497 e. The minimum atomic E-state index is -0.103. The summed E-state index contributed by atoms with van der Waals surface area (Å²) < 4.78 is 5.20. The molecule has 0 saturated carbocycles. The maximum Gasteiger partial charge on any atom is 0.242 e. The fourth-order valence-corrected chi connectivity index (χ4v) is 4.04. The number of hydrogen-bond donors (Lipinski definition) is 0. The highest BCUT2D eigenvalue weighted by atomic mass is 32.2. The van der Waals surface area contributed by atoms with E-state index < -0.39 is 0 Å². The van der Waals surface area contributed by atoms with Crippen molar-refractivity contribution in [2.75, 3.05) is 7.11 Å². The molecule has 2 aromatic carbocycles. The van der Waals surface area contributed by atoms with Gasteiger partial charge in [-0.05, 0) is 49.1 Å². The third-order valence-electron chi connectivity index (χ3n) is 4.66. The van der Waals surface area contributed by atoms with Gasteiger partial charge in [-0.1, -0.05) is 54.6 Å². The van der Waals surface area contributed by atoms with Gasteiger partial charge in [-0.15, -0.1) is 5.10 Å². The first kappa shape index (κ1) is 20.1. The van der Waals surface area contributed by atoms with Crippen molar-refractivity contribution in [2.45, 2.75) is 39.0 Å². The van der Waals surface area contributed by atoms with Crippen molar-refractivity contribution in [3.8, 4) is 5.75 Å². The van der Waals surface area contributed by atoms with Crippen molar-refractivity contribution in [3.05, 3.63) is 64.7 Å². The molecule has 1 unspecified atom stereocenters. The highest BCUT2D eigenvalue weighted by Crippen LogP contribution is 2.31. The summed E-state index contributed by atoms with van der Waals surface area (Å²) in [7, 11) is 1.64. The average Bonchev–Trinajstić information content (AvgIpc) is 2.99. The number of methoxy groups -OCH3 is 1. The number of hydrogen-bond acceptors (Lipinski definition) is 5. The standard InChI is InChI=1S/C22H25N3O2S/c1-5-20-21(26)25(14-17-7-10-19(27-4)11-8-17)22(28-20)24-23-13-18-9-6-15(2)12-16(18)3/h6-13,20H,5,14H2,1-4H3/b23-13+,24-22-. The van der Waals surface area contributed by atoms with Gasteiger partial charge in [0.1, 0.15) is 5.75 Å². The van der Waals surface area contributed by atoms with E-state index in [1.54, 1.807) is 18.2 Å². The van der Waals surface area contributed by atoms with E-state index in [0.717, 1.165) is 28.9 Å². The molecule has 0 radical (unpaired) electrons. The van der Waals surface area contributed by atoms with Crippen LogP contribution in [0.15, 0.2) is 52.7 Å². The maximum atomic E-state index is 12.7. The maximum absolute atomic E-state index is 12.7. The molecule has 1 heterocycles. The van der Waals surface area contributed by atoms with Crippen LogP contribution < -0.4 is 4.74 Å². The lowest BCUT2D eigenvalue weighted by molar-refractivity contribution is -0.126. The van der Waals surface area contributed by atoms with E-state index in [-0.39, 0.29) is 11.2 Å². The number of rotatable bonds is 6. The fraction of sp³-hybridized carbons (Fsp3) is 0.318. The second-order valence-corrected chi connectivity index (χ2v) is 7.94. The molecule has 0 aromatic heterocycles. The highest BCUT2D eigenvalue weighted by molar-refractivity contribution is 8.15. The van der Waals surface area contributed by atoms with Crippen LogP contribution in [0, 0.1) is 13.8 Å². The van der Waals surface area contributed by atoms with Crippen LogP contribution >= 0.6 is 11.8 Å². The zero-order valence-corrected chi connectivity index (χ0v) is 17.5. The van der Waals surface area contributed by atoms with E-state index in [2.05, 4.69) is 36.2 Å². The van der Waals surface area contributed by atoms with Crippen molar-refractivity contribution >= 4 is 29.1 Å². The lowest BCUT2D eigenvalue weighted by atomic mass is 10.1. The summed E-state index contributed by atoms with van der Waals surface area (Å²) in [5, 5.41) is 9.18. The Balaban J connectivity index is 1.80. The van der Waals surface area contributed by atoms with E-state index in [0.29, 0.717) is 11.7 Å². The molecule has 1 aliphatic heterocycles. The molecule has 0 spiro atoms. The van der Waals surface area contributed by atoms with Gasteiger partial charge < -0.3 is 4.74 Å². The molecule has 5 nitrogen and oxygen atoms in total. The van der Waals surface area contributed by atoms with Crippen LogP contribution in [0.2, 0.25) is 0 Å². The second-order valence-electron chi connectivity index (χ2n) is 6.77. The van der Waals surface area contributed by atoms with Gasteiger partial charge in [-0.25, -0.2) is 0 Å². The van der Waals surface area contributed by atoms with Crippen LogP contribution in [0.25, 0.3) is 0 Å². The van der Waals surface area contributed by atoms with Crippen molar-refractivity contribution in [3.63, 3.8) is 0 Å². The summed E-state index contributed by atoms with van der Waals surface area (Å²) in [6, 6.07) is 13.9. The van der Waals surface area contributed by atoms with Gasteiger partial charge in [-0.2, -0.15) is 5.10 Å². The molecule has 1 saturated heterocycles. The summed E-state index contributed by atoms with van der Waals surface area (Å²) in [5.74, 6) is 0.882. The summed E-state index contributed by atoms with van der Waals surface area (Å²) in [6.07, 6.45) is 2.51.